The Morgan fingerprint density at radius 2 is 2.05 bits per heavy atom. The number of hydrogen-bond donors (Lipinski definition) is 1. The summed E-state index contributed by atoms with van der Waals surface area (Å²) in [6.45, 7) is 3.03. The van der Waals surface area contributed by atoms with Gasteiger partial charge >= 0.3 is 5.97 Å². The van der Waals surface area contributed by atoms with Crippen LogP contribution in [0.25, 0.3) is 0 Å². The molecule has 2 unspecified atom stereocenters. The molecule has 0 radical (unpaired) electrons. The minimum Gasteiger partial charge on any atom is -0.480 e. The molecule has 0 bridgehead atoms. The lowest BCUT2D eigenvalue weighted by molar-refractivity contribution is -0.144. The maximum atomic E-state index is 11.5. The van der Waals surface area contributed by atoms with Crippen LogP contribution in [-0.4, -0.2) is 28.6 Å². The summed E-state index contributed by atoms with van der Waals surface area (Å²) < 4.78 is 0. The average Bonchev–Trinajstić information content (AvgIpc) is 2.67. The highest BCUT2D eigenvalue weighted by molar-refractivity contribution is 5.73. The molecule has 1 aromatic rings. The zero-order valence-electron chi connectivity index (χ0n) is 11.6. The number of nitrogens with zero attached hydrogens (tertiary/aromatic N) is 1. The van der Waals surface area contributed by atoms with Gasteiger partial charge in [-0.05, 0) is 31.4 Å². The number of hydrogen-bond acceptors (Lipinski definition) is 2. The highest BCUT2D eigenvalue weighted by atomic mass is 16.4. The zero-order chi connectivity index (χ0) is 13.7. The van der Waals surface area contributed by atoms with Gasteiger partial charge in [0.25, 0.3) is 0 Å². The Kier molecular flexibility index (Phi) is 4.97. The first-order chi connectivity index (χ1) is 9.24. The molecule has 1 fully saturated rings. The highest BCUT2D eigenvalue weighted by Crippen LogP contribution is 2.30. The molecule has 19 heavy (non-hydrogen) atoms. The van der Waals surface area contributed by atoms with E-state index < -0.39 is 5.97 Å². The van der Waals surface area contributed by atoms with Gasteiger partial charge in [-0.2, -0.15) is 0 Å². The van der Waals surface area contributed by atoms with Gasteiger partial charge in [0, 0.05) is 6.04 Å². The van der Waals surface area contributed by atoms with Crippen LogP contribution in [0.4, 0.5) is 0 Å². The van der Waals surface area contributed by atoms with Crippen molar-refractivity contribution in [2.75, 3.05) is 6.54 Å². The quantitative estimate of drug-likeness (QED) is 0.902. The first kappa shape index (κ1) is 14.1. The highest BCUT2D eigenvalue weighted by Gasteiger charge is 2.32. The van der Waals surface area contributed by atoms with E-state index >= 15 is 0 Å². The summed E-state index contributed by atoms with van der Waals surface area (Å²) in [6.07, 6.45) is 5.00. The van der Waals surface area contributed by atoms with E-state index in [1.54, 1.807) is 0 Å². The molecule has 1 heterocycles. The van der Waals surface area contributed by atoms with Crippen molar-refractivity contribution < 1.29 is 9.90 Å². The van der Waals surface area contributed by atoms with Gasteiger partial charge in [-0.25, -0.2) is 0 Å². The second-order valence-corrected chi connectivity index (χ2v) is 5.28. The molecule has 0 spiro atoms. The van der Waals surface area contributed by atoms with Gasteiger partial charge in [-0.15, -0.1) is 0 Å². The molecule has 0 amide bonds. The van der Waals surface area contributed by atoms with E-state index in [1.165, 1.54) is 5.56 Å². The van der Waals surface area contributed by atoms with Crippen molar-refractivity contribution in [2.45, 2.75) is 51.1 Å². The zero-order valence-corrected chi connectivity index (χ0v) is 11.6. The first-order valence-corrected chi connectivity index (χ1v) is 7.27. The van der Waals surface area contributed by atoms with Crippen molar-refractivity contribution in [3.05, 3.63) is 35.9 Å². The molecule has 3 nitrogen and oxygen atoms in total. The fourth-order valence-corrected chi connectivity index (χ4v) is 3.11. The van der Waals surface area contributed by atoms with Crippen LogP contribution in [0.15, 0.2) is 30.3 Å². The van der Waals surface area contributed by atoms with E-state index in [0.29, 0.717) is 0 Å². The van der Waals surface area contributed by atoms with Gasteiger partial charge in [0.2, 0.25) is 0 Å². The van der Waals surface area contributed by atoms with Crippen molar-refractivity contribution >= 4 is 5.97 Å². The molecular weight excluding hydrogens is 238 g/mol. The van der Waals surface area contributed by atoms with E-state index in [0.717, 1.165) is 38.6 Å². The van der Waals surface area contributed by atoms with Crippen molar-refractivity contribution in [2.24, 2.45) is 0 Å². The second-order valence-electron chi connectivity index (χ2n) is 5.28. The fraction of sp³-hybridized carbons (Fsp3) is 0.562. The summed E-state index contributed by atoms with van der Waals surface area (Å²) in [5.41, 5.74) is 1.23. The largest absolute Gasteiger partial charge is 0.480 e. The van der Waals surface area contributed by atoms with Crippen LogP contribution in [0.2, 0.25) is 0 Å². The Morgan fingerprint density at radius 3 is 2.68 bits per heavy atom. The molecule has 2 atom stereocenters. The fourth-order valence-electron chi connectivity index (χ4n) is 3.11. The molecule has 1 aliphatic heterocycles. The van der Waals surface area contributed by atoms with Crippen molar-refractivity contribution in [3.63, 3.8) is 0 Å². The van der Waals surface area contributed by atoms with Crippen LogP contribution in [0.1, 0.15) is 50.6 Å². The summed E-state index contributed by atoms with van der Waals surface area (Å²) in [6, 6.07) is 10.2. The predicted molar refractivity (Wildman–Crippen MR) is 76.1 cm³/mol. The normalized spacial score (nSPS) is 22.7. The predicted octanol–water partition coefficient (Wildman–Crippen LogP) is 3.47. The Balaban J connectivity index is 2.25. The van der Waals surface area contributed by atoms with E-state index in [2.05, 4.69) is 24.0 Å². The third-order valence-electron chi connectivity index (χ3n) is 4.05. The van der Waals surface area contributed by atoms with Crippen molar-refractivity contribution in [1.82, 2.24) is 4.90 Å². The van der Waals surface area contributed by atoms with E-state index in [9.17, 15) is 9.90 Å². The molecule has 1 saturated heterocycles. The molecule has 1 aliphatic rings. The lowest BCUT2D eigenvalue weighted by Crippen LogP contribution is -2.42. The number of carboxylic acid groups (broad SMARTS) is 1. The summed E-state index contributed by atoms with van der Waals surface area (Å²) >= 11 is 0. The average molecular weight is 261 g/mol. The third-order valence-corrected chi connectivity index (χ3v) is 4.05. The standard InChI is InChI=1S/C16H23NO2/c1-2-14(13-9-5-3-6-10-13)17-12-8-4-7-11-15(17)16(18)19/h3,5-6,9-10,14-15H,2,4,7-8,11-12H2,1H3,(H,18,19). The number of aliphatic carboxylic acids is 1. The van der Waals surface area contributed by atoms with Gasteiger partial charge in [-0.3, -0.25) is 9.69 Å². The first-order valence-electron chi connectivity index (χ1n) is 7.27. The number of benzene rings is 1. The Hall–Kier alpha value is -1.35. The number of rotatable bonds is 4. The van der Waals surface area contributed by atoms with Crippen LogP contribution < -0.4 is 0 Å². The van der Waals surface area contributed by atoms with Crippen LogP contribution in [0.5, 0.6) is 0 Å². The summed E-state index contributed by atoms with van der Waals surface area (Å²) in [5.74, 6) is -0.670. The summed E-state index contributed by atoms with van der Waals surface area (Å²) in [7, 11) is 0. The molecule has 0 aliphatic carbocycles. The maximum Gasteiger partial charge on any atom is 0.320 e. The SMILES string of the molecule is CCC(c1ccccc1)N1CCCCCC1C(=O)O. The Bertz CT molecular complexity index is 404. The van der Waals surface area contributed by atoms with E-state index in [-0.39, 0.29) is 12.1 Å². The number of carboxylic acids is 1. The van der Waals surface area contributed by atoms with Crippen LogP contribution in [-0.2, 0) is 4.79 Å². The Labute approximate surface area is 115 Å². The lowest BCUT2D eigenvalue weighted by atomic mass is 10.00. The van der Waals surface area contributed by atoms with Gasteiger partial charge < -0.3 is 5.11 Å². The smallest absolute Gasteiger partial charge is 0.320 e. The summed E-state index contributed by atoms with van der Waals surface area (Å²) in [5, 5.41) is 9.48. The molecule has 0 aromatic heterocycles. The van der Waals surface area contributed by atoms with Crippen molar-refractivity contribution in [1.29, 1.82) is 0 Å². The number of carbonyl (C=O) groups is 1. The summed E-state index contributed by atoms with van der Waals surface area (Å²) in [4.78, 5) is 13.7. The van der Waals surface area contributed by atoms with Crippen LogP contribution >= 0.6 is 0 Å². The molecular formula is C16H23NO2. The molecule has 104 valence electrons. The van der Waals surface area contributed by atoms with Gasteiger partial charge in [0.15, 0.2) is 0 Å². The lowest BCUT2D eigenvalue weighted by Gasteiger charge is -2.34. The maximum absolute atomic E-state index is 11.5. The number of likely N-dealkylation sites (tertiary alicyclic amines) is 1. The topological polar surface area (TPSA) is 40.5 Å². The molecule has 1 aromatic carbocycles. The second kappa shape index (κ2) is 6.71. The van der Waals surface area contributed by atoms with Gasteiger partial charge in [0.1, 0.15) is 6.04 Å². The van der Waals surface area contributed by atoms with Crippen LogP contribution in [0, 0.1) is 0 Å². The minimum atomic E-state index is -0.670. The van der Waals surface area contributed by atoms with Crippen LogP contribution in [0.3, 0.4) is 0 Å². The van der Waals surface area contributed by atoms with E-state index in [1.807, 2.05) is 18.2 Å². The van der Waals surface area contributed by atoms with E-state index in [4.69, 9.17) is 0 Å². The third kappa shape index (κ3) is 3.35. The monoisotopic (exact) mass is 261 g/mol. The molecule has 2 rings (SSSR count). The Morgan fingerprint density at radius 1 is 1.32 bits per heavy atom. The van der Waals surface area contributed by atoms with Crippen molar-refractivity contribution in [3.8, 4) is 0 Å². The minimum absolute atomic E-state index is 0.223. The molecule has 3 heteroatoms. The van der Waals surface area contributed by atoms with Gasteiger partial charge in [0.05, 0.1) is 0 Å². The molecule has 0 saturated carbocycles. The van der Waals surface area contributed by atoms with Gasteiger partial charge in [-0.1, -0.05) is 50.1 Å². The molecule has 1 N–H and O–H groups in total.